The van der Waals surface area contributed by atoms with Gasteiger partial charge < -0.3 is 10.1 Å². The molecule has 1 fully saturated rings. The quantitative estimate of drug-likeness (QED) is 0.840. The van der Waals surface area contributed by atoms with Crippen molar-refractivity contribution in [3.05, 3.63) is 0 Å². The van der Waals surface area contributed by atoms with E-state index in [1.54, 1.807) is 0 Å². The number of likely N-dealkylation sites (tertiary alicyclic amines) is 1. The van der Waals surface area contributed by atoms with Crippen LogP contribution in [-0.4, -0.2) is 49.8 Å². The Balaban J connectivity index is 2.58. The van der Waals surface area contributed by atoms with Crippen LogP contribution in [0.25, 0.3) is 0 Å². The molecule has 1 aliphatic rings. The first kappa shape index (κ1) is 18.9. The lowest BCUT2D eigenvalue weighted by Crippen LogP contribution is -2.50. The van der Waals surface area contributed by atoms with Gasteiger partial charge in [0.1, 0.15) is 0 Å². The molecule has 126 valence electrons. The van der Waals surface area contributed by atoms with Crippen molar-refractivity contribution in [2.45, 2.75) is 72.4 Å². The molecule has 0 aliphatic carbocycles. The van der Waals surface area contributed by atoms with E-state index in [0.717, 1.165) is 19.1 Å². The molecular formula is C18H38N2O. The van der Waals surface area contributed by atoms with E-state index in [2.05, 4.69) is 51.8 Å². The van der Waals surface area contributed by atoms with Gasteiger partial charge in [0.25, 0.3) is 0 Å². The highest BCUT2D eigenvalue weighted by Crippen LogP contribution is 2.34. The van der Waals surface area contributed by atoms with E-state index in [0.29, 0.717) is 11.5 Å². The van der Waals surface area contributed by atoms with Crippen LogP contribution in [0.1, 0.15) is 60.8 Å². The predicted molar refractivity (Wildman–Crippen MR) is 91.8 cm³/mol. The second-order valence-electron chi connectivity index (χ2n) is 8.77. The minimum absolute atomic E-state index is 0.172. The minimum atomic E-state index is 0.172. The van der Waals surface area contributed by atoms with E-state index < -0.39 is 0 Å². The zero-order valence-corrected chi connectivity index (χ0v) is 15.5. The maximum atomic E-state index is 5.48. The molecule has 2 atom stereocenters. The Morgan fingerprint density at radius 2 is 1.76 bits per heavy atom. The molecular weight excluding hydrogens is 260 g/mol. The molecule has 0 amide bonds. The van der Waals surface area contributed by atoms with Crippen LogP contribution < -0.4 is 5.32 Å². The summed E-state index contributed by atoms with van der Waals surface area (Å²) >= 11 is 0. The number of hydrogen-bond donors (Lipinski definition) is 1. The van der Waals surface area contributed by atoms with Gasteiger partial charge in [-0.1, -0.05) is 20.8 Å². The van der Waals surface area contributed by atoms with Crippen molar-refractivity contribution in [3.63, 3.8) is 0 Å². The highest BCUT2D eigenvalue weighted by atomic mass is 16.5. The van der Waals surface area contributed by atoms with E-state index in [-0.39, 0.29) is 5.54 Å². The van der Waals surface area contributed by atoms with Gasteiger partial charge in [-0.15, -0.1) is 0 Å². The zero-order chi connectivity index (χ0) is 16.1. The largest absolute Gasteiger partial charge is 0.383 e. The van der Waals surface area contributed by atoms with Gasteiger partial charge in [0.2, 0.25) is 0 Å². The molecule has 0 aromatic heterocycles. The molecule has 21 heavy (non-hydrogen) atoms. The first-order chi connectivity index (χ1) is 9.63. The van der Waals surface area contributed by atoms with E-state index >= 15 is 0 Å². The van der Waals surface area contributed by atoms with Crippen molar-refractivity contribution in [2.75, 3.05) is 33.4 Å². The molecule has 1 N–H and O–H groups in total. The van der Waals surface area contributed by atoms with Gasteiger partial charge in [-0.05, 0) is 64.5 Å². The lowest BCUT2D eigenvalue weighted by molar-refractivity contribution is 0.0850. The average molecular weight is 299 g/mol. The third-order valence-corrected chi connectivity index (χ3v) is 4.73. The fourth-order valence-electron chi connectivity index (χ4n) is 3.26. The van der Waals surface area contributed by atoms with E-state index in [1.807, 2.05) is 7.11 Å². The first-order valence-corrected chi connectivity index (χ1v) is 8.61. The molecule has 1 aliphatic heterocycles. The van der Waals surface area contributed by atoms with E-state index in [4.69, 9.17) is 4.74 Å². The van der Waals surface area contributed by atoms with Gasteiger partial charge in [0.05, 0.1) is 6.61 Å². The fraction of sp³-hybridized carbons (Fsp3) is 1.00. The summed E-state index contributed by atoms with van der Waals surface area (Å²) in [6.45, 7) is 18.1. The Labute approximate surface area is 132 Å². The van der Waals surface area contributed by atoms with E-state index in [1.165, 1.54) is 32.4 Å². The van der Waals surface area contributed by atoms with Crippen molar-refractivity contribution >= 4 is 0 Å². The van der Waals surface area contributed by atoms with Crippen LogP contribution in [-0.2, 0) is 4.74 Å². The highest BCUT2D eigenvalue weighted by Gasteiger charge is 2.29. The number of ether oxygens (including phenoxy) is 1. The van der Waals surface area contributed by atoms with Crippen molar-refractivity contribution in [2.24, 2.45) is 11.3 Å². The van der Waals surface area contributed by atoms with Crippen LogP contribution in [0.5, 0.6) is 0 Å². The van der Waals surface area contributed by atoms with Crippen LogP contribution in [0.4, 0.5) is 0 Å². The minimum Gasteiger partial charge on any atom is -0.383 e. The van der Waals surface area contributed by atoms with Gasteiger partial charge >= 0.3 is 0 Å². The van der Waals surface area contributed by atoms with Crippen molar-refractivity contribution in [1.29, 1.82) is 0 Å². The van der Waals surface area contributed by atoms with Crippen molar-refractivity contribution in [3.8, 4) is 0 Å². The Kier molecular flexibility index (Phi) is 7.15. The number of nitrogens with one attached hydrogen (secondary N) is 1. The number of nitrogens with zero attached hydrogens (tertiary/aromatic N) is 1. The SMILES string of the molecule is COCC(CNC(C)(C)C)N1CCCC(C(C)(C)C)CC1. The highest BCUT2D eigenvalue weighted by molar-refractivity contribution is 4.84. The molecule has 3 nitrogen and oxygen atoms in total. The molecule has 1 heterocycles. The summed E-state index contributed by atoms with van der Waals surface area (Å²) in [5.74, 6) is 0.848. The Morgan fingerprint density at radius 3 is 2.29 bits per heavy atom. The van der Waals surface area contributed by atoms with Gasteiger partial charge in [-0.3, -0.25) is 4.90 Å². The Bertz CT molecular complexity index is 291. The molecule has 0 saturated carbocycles. The third kappa shape index (κ3) is 7.12. The lowest BCUT2D eigenvalue weighted by Gasteiger charge is -2.34. The van der Waals surface area contributed by atoms with Crippen LogP contribution in [0, 0.1) is 11.3 Å². The van der Waals surface area contributed by atoms with Gasteiger partial charge in [0.15, 0.2) is 0 Å². The summed E-state index contributed by atoms with van der Waals surface area (Å²) < 4.78 is 5.48. The maximum Gasteiger partial charge on any atom is 0.0630 e. The summed E-state index contributed by atoms with van der Waals surface area (Å²) in [5.41, 5.74) is 0.613. The standard InChI is InChI=1S/C18H38N2O/c1-17(2,3)15-9-8-11-20(12-10-15)16(14-21-7)13-19-18(4,5)6/h15-16,19H,8-14H2,1-7H3. The number of hydrogen-bond acceptors (Lipinski definition) is 3. The average Bonchev–Trinajstić information content (AvgIpc) is 2.58. The van der Waals surface area contributed by atoms with Crippen molar-refractivity contribution in [1.82, 2.24) is 10.2 Å². The fourth-order valence-corrected chi connectivity index (χ4v) is 3.26. The molecule has 0 aromatic carbocycles. The second kappa shape index (κ2) is 7.94. The summed E-state index contributed by atoms with van der Waals surface area (Å²) in [5, 5.41) is 3.64. The summed E-state index contributed by atoms with van der Waals surface area (Å²) in [6, 6.07) is 0.493. The molecule has 1 saturated heterocycles. The number of methoxy groups -OCH3 is 1. The number of rotatable bonds is 5. The summed E-state index contributed by atoms with van der Waals surface area (Å²) in [7, 11) is 1.82. The van der Waals surface area contributed by atoms with E-state index in [9.17, 15) is 0 Å². The second-order valence-corrected chi connectivity index (χ2v) is 8.77. The summed E-state index contributed by atoms with van der Waals surface area (Å²) in [4.78, 5) is 2.65. The molecule has 0 bridgehead atoms. The molecule has 0 aromatic rings. The van der Waals surface area contributed by atoms with Gasteiger partial charge in [-0.25, -0.2) is 0 Å². The first-order valence-electron chi connectivity index (χ1n) is 8.61. The van der Waals surface area contributed by atoms with Crippen LogP contribution >= 0.6 is 0 Å². The molecule has 3 heteroatoms. The molecule has 0 radical (unpaired) electrons. The monoisotopic (exact) mass is 298 g/mol. The normalized spacial score (nSPS) is 23.9. The van der Waals surface area contributed by atoms with Gasteiger partial charge in [-0.2, -0.15) is 0 Å². The van der Waals surface area contributed by atoms with Crippen LogP contribution in [0.15, 0.2) is 0 Å². The lowest BCUT2D eigenvalue weighted by atomic mass is 9.77. The molecule has 2 unspecified atom stereocenters. The zero-order valence-electron chi connectivity index (χ0n) is 15.5. The summed E-state index contributed by atoms with van der Waals surface area (Å²) in [6.07, 6.45) is 4.00. The smallest absolute Gasteiger partial charge is 0.0630 e. The van der Waals surface area contributed by atoms with Crippen LogP contribution in [0.3, 0.4) is 0 Å². The van der Waals surface area contributed by atoms with Crippen molar-refractivity contribution < 1.29 is 4.74 Å². The molecule has 1 rings (SSSR count). The maximum absolute atomic E-state index is 5.48. The Hall–Kier alpha value is -0.120. The van der Waals surface area contributed by atoms with Crippen LogP contribution in [0.2, 0.25) is 0 Å². The van der Waals surface area contributed by atoms with Gasteiger partial charge in [0, 0.05) is 25.2 Å². The predicted octanol–water partition coefficient (Wildman–Crippen LogP) is 3.54. The molecule has 0 spiro atoms. The Morgan fingerprint density at radius 1 is 1.10 bits per heavy atom. The third-order valence-electron chi connectivity index (χ3n) is 4.73. The topological polar surface area (TPSA) is 24.5 Å².